The highest BCUT2D eigenvalue weighted by Crippen LogP contribution is 2.07. The van der Waals surface area contributed by atoms with Crippen LogP contribution in [-0.2, 0) is 10.8 Å². The Kier molecular flexibility index (Phi) is 1.84. The summed E-state index contributed by atoms with van der Waals surface area (Å²) in [6.45, 7) is 2.09. The quantitative estimate of drug-likeness (QED) is 0.448. The first-order chi connectivity index (χ1) is 3.79. The third kappa shape index (κ3) is 1.44. The van der Waals surface area contributed by atoms with Gasteiger partial charge in [-0.1, -0.05) is 11.6 Å². The lowest BCUT2D eigenvalue weighted by molar-refractivity contribution is 0.682. The fourth-order valence-corrected chi connectivity index (χ4v) is 1.88. The average molecular weight is 130 g/mol. The molecular formula is C6H10OS. The molecule has 0 saturated heterocycles. The van der Waals surface area contributed by atoms with Crippen molar-refractivity contribution in [1.29, 1.82) is 0 Å². The molecule has 0 aromatic carbocycles. The molecule has 0 aliphatic carbocycles. The molecule has 1 rings (SSSR count). The number of hydrogen-bond acceptors (Lipinski definition) is 1. The minimum atomic E-state index is -0.537. The lowest BCUT2D eigenvalue weighted by Gasteiger charge is -2.06. The Morgan fingerprint density at radius 2 is 2.50 bits per heavy atom. The van der Waals surface area contributed by atoms with Crippen molar-refractivity contribution in [3.05, 3.63) is 11.6 Å². The van der Waals surface area contributed by atoms with Crippen LogP contribution in [0.25, 0.3) is 0 Å². The molecule has 1 unspecified atom stereocenters. The van der Waals surface area contributed by atoms with Crippen LogP contribution in [-0.4, -0.2) is 15.7 Å². The zero-order valence-electron chi connectivity index (χ0n) is 5.02. The van der Waals surface area contributed by atoms with Crippen molar-refractivity contribution in [3.8, 4) is 0 Å². The minimum absolute atomic E-state index is 0.537. The summed E-state index contributed by atoms with van der Waals surface area (Å²) in [4.78, 5) is 0. The molecule has 0 N–H and O–H groups in total. The summed E-state index contributed by atoms with van der Waals surface area (Å²) in [6, 6.07) is 0. The molecule has 1 aliphatic heterocycles. The highest BCUT2D eigenvalue weighted by Gasteiger charge is 2.03. The molecule has 0 bridgehead atoms. The van der Waals surface area contributed by atoms with Gasteiger partial charge in [0.05, 0.1) is 0 Å². The van der Waals surface area contributed by atoms with Crippen molar-refractivity contribution in [2.45, 2.75) is 13.3 Å². The molecule has 1 aliphatic rings. The normalized spacial score (nSPS) is 29.6. The van der Waals surface area contributed by atoms with Crippen LogP contribution >= 0.6 is 0 Å². The first kappa shape index (κ1) is 6.02. The second-order valence-corrected chi connectivity index (χ2v) is 3.73. The summed E-state index contributed by atoms with van der Waals surface area (Å²) in [5.41, 5.74) is 1.39. The Morgan fingerprint density at radius 1 is 1.75 bits per heavy atom. The van der Waals surface area contributed by atoms with Crippen molar-refractivity contribution in [2.24, 2.45) is 0 Å². The molecule has 0 amide bonds. The van der Waals surface area contributed by atoms with Crippen molar-refractivity contribution >= 4 is 10.8 Å². The lowest BCUT2D eigenvalue weighted by Crippen LogP contribution is -2.06. The molecular weight excluding hydrogens is 120 g/mol. The molecule has 0 fully saturated rings. The van der Waals surface area contributed by atoms with Gasteiger partial charge in [-0.2, -0.15) is 0 Å². The highest BCUT2D eigenvalue weighted by molar-refractivity contribution is 7.85. The van der Waals surface area contributed by atoms with Gasteiger partial charge in [-0.25, -0.2) is 0 Å². The third-order valence-corrected chi connectivity index (χ3v) is 2.54. The maximum absolute atomic E-state index is 10.7. The van der Waals surface area contributed by atoms with E-state index in [0.29, 0.717) is 0 Å². The number of allylic oxidation sites excluding steroid dienone is 1. The Morgan fingerprint density at radius 3 is 2.88 bits per heavy atom. The highest BCUT2D eigenvalue weighted by atomic mass is 32.2. The van der Waals surface area contributed by atoms with Crippen molar-refractivity contribution < 1.29 is 4.21 Å². The second kappa shape index (κ2) is 2.44. The smallest absolute Gasteiger partial charge is 0.0417 e. The van der Waals surface area contributed by atoms with E-state index in [-0.39, 0.29) is 0 Å². The summed E-state index contributed by atoms with van der Waals surface area (Å²) in [5.74, 6) is 1.66. The predicted octanol–water partition coefficient (Wildman–Crippen LogP) is 1.09. The lowest BCUT2D eigenvalue weighted by atomic mass is 10.2. The summed E-state index contributed by atoms with van der Waals surface area (Å²) < 4.78 is 10.7. The fourth-order valence-electron chi connectivity index (χ4n) is 0.695. The zero-order chi connectivity index (χ0) is 5.98. The van der Waals surface area contributed by atoms with Gasteiger partial charge in [-0.15, -0.1) is 0 Å². The fraction of sp³-hybridized carbons (Fsp3) is 0.667. The first-order valence-electron chi connectivity index (χ1n) is 2.79. The Hall–Kier alpha value is -0.110. The molecule has 2 heteroatoms. The van der Waals surface area contributed by atoms with Gasteiger partial charge in [0.15, 0.2) is 0 Å². The predicted molar refractivity (Wildman–Crippen MR) is 36.3 cm³/mol. The van der Waals surface area contributed by atoms with Gasteiger partial charge in [0.1, 0.15) is 0 Å². The second-order valence-electron chi connectivity index (χ2n) is 2.11. The van der Waals surface area contributed by atoms with Crippen LogP contribution in [0.4, 0.5) is 0 Å². The standard InChI is InChI=1S/C6H10OS/c1-6-2-4-8(7)5-3-6/h2H,3-5H2,1H3. The van der Waals surface area contributed by atoms with Gasteiger partial charge in [-0.05, 0) is 13.3 Å². The molecule has 1 atom stereocenters. The Labute approximate surface area is 52.2 Å². The molecule has 46 valence electrons. The SMILES string of the molecule is CC1=CCS(=O)CC1. The Balaban J connectivity index is 2.55. The summed E-state index contributed by atoms with van der Waals surface area (Å²) >= 11 is 0. The summed E-state index contributed by atoms with van der Waals surface area (Å²) in [6.07, 6.45) is 3.10. The van der Waals surface area contributed by atoms with Crippen molar-refractivity contribution in [3.63, 3.8) is 0 Å². The van der Waals surface area contributed by atoms with E-state index in [4.69, 9.17) is 0 Å². The molecule has 1 nitrogen and oxygen atoms in total. The monoisotopic (exact) mass is 130 g/mol. The maximum atomic E-state index is 10.7. The molecule has 0 saturated carbocycles. The summed E-state index contributed by atoms with van der Waals surface area (Å²) in [7, 11) is -0.537. The zero-order valence-corrected chi connectivity index (χ0v) is 5.83. The molecule has 0 radical (unpaired) electrons. The summed E-state index contributed by atoms with van der Waals surface area (Å²) in [5, 5.41) is 0. The first-order valence-corrected chi connectivity index (χ1v) is 4.28. The molecule has 8 heavy (non-hydrogen) atoms. The van der Waals surface area contributed by atoms with E-state index in [2.05, 4.69) is 13.0 Å². The van der Waals surface area contributed by atoms with Crippen LogP contribution in [0.3, 0.4) is 0 Å². The van der Waals surface area contributed by atoms with E-state index < -0.39 is 10.8 Å². The van der Waals surface area contributed by atoms with Crippen LogP contribution in [0, 0.1) is 0 Å². The van der Waals surface area contributed by atoms with Crippen molar-refractivity contribution in [1.82, 2.24) is 0 Å². The Bertz CT molecular complexity index is 137. The largest absolute Gasteiger partial charge is 0.259 e. The molecule has 0 aromatic rings. The van der Waals surface area contributed by atoms with Gasteiger partial charge in [0.25, 0.3) is 0 Å². The van der Waals surface area contributed by atoms with Gasteiger partial charge in [0, 0.05) is 22.3 Å². The molecule has 0 aromatic heterocycles. The van der Waals surface area contributed by atoms with Crippen molar-refractivity contribution in [2.75, 3.05) is 11.5 Å². The van der Waals surface area contributed by atoms with Gasteiger partial charge in [0.2, 0.25) is 0 Å². The average Bonchev–Trinajstić information content (AvgIpc) is 1.77. The molecule has 0 spiro atoms. The van der Waals surface area contributed by atoms with E-state index >= 15 is 0 Å². The maximum Gasteiger partial charge on any atom is 0.0417 e. The van der Waals surface area contributed by atoms with E-state index in [9.17, 15) is 4.21 Å². The van der Waals surface area contributed by atoms with Gasteiger partial charge >= 0.3 is 0 Å². The van der Waals surface area contributed by atoms with Crippen LogP contribution in [0.2, 0.25) is 0 Å². The molecule has 1 heterocycles. The number of rotatable bonds is 0. The number of hydrogen-bond donors (Lipinski definition) is 0. The van der Waals surface area contributed by atoms with Gasteiger partial charge < -0.3 is 0 Å². The van der Waals surface area contributed by atoms with Crippen LogP contribution < -0.4 is 0 Å². The van der Waals surface area contributed by atoms with E-state index in [1.807, 2.05) is 0 Å². The van der Waals surface area contributed by atoms with Crippen LogP contribution in [0.1, 0.15) is 13.3 Å². The van der Waals surface area contributed by atoms with Crippen LogP contribution in [0.5, 0.6) is 0 Å². The minimum Gasteiger partial charge on any atom is -0.259 e. The van der Waals surface area contributed by atoms with E-state index in [1.54, 1.807) is 0 Å². The third-order valence-electron chi connectivity index (χ3n) is 1.34. The van der Waals surface area contributed by atoms with Crippen LogP contribution in [0.15, 0.2) is 11.6 Å². The topological polar surface area (TPSA) is 17.1 Å². The van der Waals surface area contributed by atoms with Gasteiger partial charge in [-0.3, -0.25) is 4.21 Å². The van der Waals surface area contributed by atoms with E-state index in [1.165, 1.54) is 5.57 Å². The van der Waals surface area contributed by atoms with E-state index in [0.717, 1.165) is 17.9 Å².